The van der Waals surface area contributed by atoms with Gasteiger partial charge in [0.25, 0.3) is 5.97 Å². The molecule has 0 amide bonds. The van der Waals surface area contributed by atoms with Gasteiger partial charge < -0.3 is 5.11 Å². The summed E-state index contributed by atoms with van der Waals surface area (Å²) < 4.78 is 0. The summed E-state index contributed by atoms with van der Waals surface area (Å²) in [7, 11) is 0. The van der Waals surface area contributed by atoms with Gasteiger partial charge in [-0.15, -0.1) is 0 Å². The van der Waals surface area contributed by atoms with E-state index in [1.807, 2.05) is 12.3 Å². The van der Waals surface area contributed by atoms with Gasteiger partial charge in [0.15, 0.2) is 0 Å². The number of aliphatic imine (C=N–C) groups is 1. The van der Waals surface area contributed by atoms with Crippen LogP contribution in [-0.2, 0) is 11.2 Å². The fourth-order valence-corrected chi connectivity index (χ4v) is 1.23. The average Bonchev–Trinajstić information content (AvgIpc) is 2.17. The Hall–Kier alpha value is -1.64. The van der Waals surface area contributed by atoms with Gasteiger partial charge in [-0.2, -0.15) is 0 Å². The van der Waals surface area contributed by atoms with Gasteiger partial charge in [0.2, 0.25) is 0 Å². The highest BCUT2D eigenvalue weighted by Crippen LogP contribution is 2.22. The van der Waals surface area contributed by atoms with Crippen LogP contribution in [0.15, 0.2) is 29.3 Å². The summed E-state index contributed by atoms with van der Waals surface area (Å²) in [6, 6.07) is 8.30. The van der Waals surface area contributed by atoms with E-state index in [4.69, 9.17) is 9.90 Å². The Balaban J connectivity index is 0.000000213. The molecule has 0 aromatic heterocycles. The Morgan fingerprint density at radius 1 is 1.43 bits per heavy atom. The number of hydrogen-bond donors (Lipinski definition) is 1. The summed E-state index contributed by atoms with van der Waals surface area (Å²) in [5.74, 6) is -0.833. The largest absolute Gasteiger partial charge is 0.481 e. The minimum Gasteiger partial charge on any atom is -0.481 e. The summed E-state index contributed by atoms with van der Waals surface area (Å²) in [5.41, 5.74) is 2.53. The third kappa shape index (κ3) is 3.39. The number of fused-ring (bicyclic) bond motifs is 1. The Bertz CT molecular complexity index is 341. The van der Waals surface area contributed by atoms with E-state index >= 15 is 0 Å². The molecular weight excluding hydrogens is 178 g/mol. The number of carbonyl (C=O) groups is 1. The van der Waals surface area contributed by atoms with E-state index in [0.717, 1.165) is 25.5 Å². The first-order valence-corrected chi connectivity index (χ1v) is 4.50. The van der Waals surface area contributed by atoms with Crippen LogP contribution in [0.3, 0.4) is 0 Å². The van der Waals surface area contributed by atoms with Crippen LogP contribution in [0.25, 0.3) is 0 Å². The molecule has 1 aliphatic heterocycles. The standard InChI is InChI=1S/C9H9N.C2H4O2/c1-2-6-9-8(4-1)5-3-7-10-9;1-2(3)4/h1-2,4,6-7H,3,5H2;1H3,(H,3,4). The highest BCUT2D eigenvalue weighted by molar-refractivity contribution is 5.68. The normalized spacial score (nSPS) is 12.4. The summed E-state index contributed by atoms with van der Waals surface area (Å²) >= 11 is 0. The third-order valence-corrected chi connectivity index (χ3v) is 1.76. The molecule has 3 heteroatoms. The van der Waals surface area contributed by atoms with Gasteiger partial charge in [-0.05, 0) is 24.5 Å². The van der Waals surface area contributed by atoms with Crippen molar-refractivity contribution in [1.29, 1.82) is 0 Å². The van der Waals surface area contributed by atoms with E-state index < -0.39 is 5.97 Å². The van der Waals surface area contributed by atoms with Crippen molar-refractivity contribution in [2.45, 2.75) is 19.8 Å². The van der Waals surface area contributed by atoms with Gasteiger partial charge >= 0.3 is 0 Å². The lowest BCUT2D eigenvalue weighted by molar-refractivity contribution is -0.134. The Labute approximate surface area is 83.1 Å². The van der Waals surface area contributed by atoms with Crippen LogP contribution in [-0.4, -0.2) is 17.3 Å². The predicted octanol–water partition coefficient (Wildman–Crippen LogP) is 2.43. The molecule has 1 aromatic rings. The molecule has 14 heavy (non-hydrogen) atoms. The molecule has 0 unspecified atom stereocenters. The first-order valence-electron chi connectivity index (χ1n) is 4.50. The van der Waals surface area contributed by atoms with Crippen LogP contribution in [0.2, 0.25) is 0 Å². The van der Waals surface area contributed by atoms with Crippen LogP contribution in [0, 0.1) is 0 Å². The number of rotatable bonds is 0. The molecule has 0 saturated heterocycles. The van der Waals surface area contributed by atoms with Gasteiger partial charge in [-0.1, -0.05) is 18.2 Å². The lowest BCUT2D eigenvalue weighted by Crippen LogP contribution is -1.91. The molecular formula is C11H13NO2. The number of nitrogens with zero attached hydrogens (tertiary/aromatic N) is 1. The van der Waals surface area contributed by atoms with Crippen molar-refractivity contribution >= 4 is 17.9 Å². The molecule has 0 saturated carbocycles. The number of para-hydroxylation sites is 1. The maximum atomic E-state index is 9.00. The summed E-state index contributed by atoms with van der Waals surface area (Å²) in [6.07, 6.45) is 4.24. The highest BCUT2D eigenvalue weighted by atomic mass is 16.4. The van der Waals surface area contributed by atoms with Crippen molar-refractivity contribution < 1.29 is 9.90 Å². The molecule has 1 heterocycles. The molecule has 0 spiro atoms. The second-order valence-corrected chi connectivity index (χ2v) is 3.00. The Morgan fingerprint density at radius 3 is 2.71 bits per heavy atom. The van der Waals surface area contributed by atoms with Crippen molar-refractivity contribution in [1.82, 2.24) is 0 Å². The quantitative estimate of drug-likeness (QED) is 0.684. The number of aryl methyl sites for hydroxylation is 1. The summed E-state index contributed by atoms with van der Waals surface area (Å²) in [6.45, 7) is 1.08. The fourth-order valence-electron chi connectivity index (χ4n) is 1.23. The number of hydrogen-bond acceptors (Lipinski definition) is 2. The zero-order valence-electron chi connectivity index (χ0n) is 8.10. The van der Waals surface area contributed by atoms with Crippen molar-refractivity contribution in [3.8, 4) is 0 Å². The summed E-state index contributed by atoms with van der Waals surface area (Å²) in [5, 5.41) is 7.42. The zero-order valence-corrected chi connectivity index (χ0v) is 8.10. The highest BCUT2D eigenvalue weighted by Gasteiger charge is 2.01. The molecule has 0 aliphatic carbocycles. The van der Waals surface area contributed by atoms with Gasteiger partial charge in [0, 0.05) is 13.1 Å². The van der Waals surface area contributed by atoms with E-state index in [-0.39, 0.29) is 0 Å². The molecule has 0 atom stereocenters. The van der Waals surface area contributed by atoms with Crippen LogP contribution in [0.5, 0.6) is 0 Å². The average molecular weight is 191 g/mol. The molecule has 0 fully saturated rings. The van der Waals surface area contributed by atoms with E-state index in [9.17, 15) is 0 Å². The molecule has 1 aromatic carbocycles. The first kappa shape index (κ1) is 10.4. The number of benzene rings is 1. The number of aliphatic carboxylic acids is 1. The van der Waals surface area contributed by atoms with Crippen LogP contribution in [0.1, 0.15) is 18.9 Å². The van der Waals surface area contributed by atoms with Crippen LogP contribution < -0.4 is 0 Å². The van der Waals surface area contributed by atoms with Gasteiger partial charge in [-0.3, -0.25) is 9.79 Å². The van der Waals surface area contributed by atoms with E-state index in [1.54, 1.807) is 0 Å². The zero-order chi connectivity index (χ0) is 10.4. The Kier molecular flexibility index (Phi) is 3.85. The minimum absolute atomic E-state index is 0.833. The second kappa shape index (κ2) is 5.17. The van der Waals surface area contributed by atoms with Crippen molar-refractivity contribution in [2.24, 2.45) is 4.99 Å². The topological polar surface area (TPSA) is 49.7 Å². The van der Waals surface area contributed by atoms with Crippen molar-refractivity contribution in [2.75, 3.05) is 0 Å². The molecule has 74 valence electrons. The van der Waals surface area contributed by atoms with E-state index in [1.165, 1.54) is 5.56 Å². The van der Waals surface area contributed by atoms with Crippen LogP contribution in [0.4, 0.5) is 5.69 Å². The molecule has 0 bridgehead atoms. The van der Waals surface area contributed by atoms with Crippen molar-refractivity contribution in [3.63, 3.8) is 0 Å². The van der Waals surface area contributed by atoms with Crippen LogP contribution >= 0.6 is 0 Å². The minimum atomic E-state index is -0.833. The monoisotopic (exact) mass is 191 g/mol. The Morgan fingerprint density at radius 2 is 2.07 bits per heavy atom. The van der Waals surface area contributed by atoms with E-state index in [2.05, 4.69) is 23.2 Å². The number of carboxylic acids is 1. The van der Waals surface area contributed by atoms with Gasteiger partial charge in [0.05, 0.1) is 5.69 Å². The first-order chi connectivity index (χ1) is 6.70. The van der Waals surface area contributed by atoms with Gasteiger partial charge in [-0.25, -0.2) is 0 Å². The lowest BCUT2D eigenvalue weighted by Gasteiger charge is -2.07. The van der Waals surface area contributed by atoms with E-state index in [0.29, 0.717) is 0 Å². The smallest absolute Gasteiger partial charge is 0.300 e. The number of carboxylic acid groups (broad SMARTS) is 1. The fraction of sp³-hybridized carbons (Fsp3) is 0.273. The second-order valence-electron chi connectivity index (χ2n) is 3.00. The predicted molar refractivity (Wildman–Crippen MR) is 56.2 cm³/mol. The molecule has 3 nitrogen and oxygen atoms in total. The lowest BCUT2D eigenvalue weighted by atomic mass is 10.1. The molecule has 1 N–H and O–H groups in total. The van der Waals surface area contributed by atoms with Gasteiger partial charge in [0.1, 0.15) is 0 Å². The maximum Gasteiger partial charge on any atom is 0.300 e. The summed E-state index contributed by atoms with van der Waals surface area (Å²) in [4.78, 5) is 13.3. The molecule has 0 radical (unpaired) electrons. The molecule has 2 rings (SSSR count). The maximum absolute atomic E-state index is 9.00. The van der Waals surface area contributed by atoms with Crippen molar-refractivity contribution in [3.05, 3.63) is 29.8 Å². The SMILES string of the molecule is C1=Nc2ccccc2CC1.CC(=O)O. The molecule has 1 aliphatic rings. The third-order valence-electron chi connectivity index (χ3n) is 1.76.